The lowest BCUT2D eigenvalue weighted by molar-refractivity contribution is 0.139. The number of hydrogen-bond acceptors (Lipinski definition) is 5. The van der Waals surface area contributed by atoms with Gasteiger partial charge in [0.2, 0.25) is 0 Å². The predicted molar refractivity (Wildman–Crippen MR) is 67.2 cm³/mol. The van der Waals surface area contributed by atoms with Crippen LogP contribution in [-0.2, 0) is 6.54 Å². The molecule has 0 amide bonds. The summed E-state index contributed by atoms with van der Waals surface area (Å²) in [6, 6.07) is 8.09. The first-order valence-electron chi connectivity index (χ1n) is 5.71. The lowest BCUT2D eigenvalue weighted by Gasteiger charge is -2.36. The van der Waals surface area contributed by atoms with Crippen LogP contribution in [0.2, 0.25) is 0 Å². The molecule has 0 unspecified atom stereocenters. The highest BCUT2D eigenvalue weighted by Crippen LogP contribution is 2.18. The van der Waals surface area contributed by atoms with E-state index in [9.17, 15) is 0 Å². The molecule has 5 heteroatoms. The number of benzene rings is 1. The number of nitrogen functional groups attached to an aromatic ring is 1. The van der Waals surface area contributed by atoms with Crippen molar-refractivity contribution in [3.63, 3.8) is 0 Å². The summed E-state index contributed by atoms with van der Waals surface area (Å²) in [6.45, 7) is 2.55. The lowest BCUT2D eigenvalue weighted by atomic mass is 10.1. The molecule has 0 spiro atoms. The van der Waals surface area contributed by atoms with Crippen LogP contribution in [0.1, 0.15) is 5.82 Å². The summed E-state index contributed by atoms with van der Waals surface area (Å²) in [4.78, 5) is 11.1. The number of para-hydroxylation sites is 1. The standard InChI is InChI=1S/C12H15N5/c13-8-5-17(6-8)7-11-15-10-4-2-1-3-9(10)12(14)16-11/h1-4,8H,5-7,13H2,(H2,14,15,16). The molecule has 2 aromatic rings. The van der Waals surface area contributed by atoms with Gasteiger partial charge in [-0.1, -0.05) is 12.1 Å². The third-order valence-electron chi connectivity index (χ3n) is 3.03. The SMILES string of the molecule is Nc1nc(CN2CC(N)C2)nc2ccccc12. The van der Waals surface area contributed by atoms with Crippen LogP contribution in [-0.4, -0.2) is 34.0 Å². The van der Waals surface area contributed by atoms with Crippen LogP contribution in [0.5, 0.6) is 0 Å². The van der Waals surface area contributed by atoms with Crippen molar-refractivity contribution in [1.82, 2.24) is 14.9 Å². The largest absolute Gasteiger partial charge is 0.383 e. The lowest BCUT2D eigenvalue weighted by Crippen LogP contribution is -2.55. The van der Waals surface area contributed by atoms with E-state index >= 15 is 0 Å². The van der Waals surface area contributed by atoms with E-state index in [1.165, 1.54) is 0 Å². The van der Waals surface area contributed by atoms with Gasteiger partial charge in [0.15, 0.2) is 0 Å². The number of aromatic nitrogens is 2. The van der Waals surface area contributed by atoms with E-state index in [0.29, 0.717) is 11.9 Å². The van der Waals surface area contributed by atoms with Gasteiger partial charge in [0.25, 0.3) is 0 Å². The quantitative estimate of drug-likeness (QED) is 0.777. The fraction of sp³-hybridized carbons (Fsp3) is 0.333. The summed E-state index contributed by atoms with van der Waals surface area (Å²) >= 11 is 0. The van der Waals surface area contributed by atoms with Crippen LogP contribution in [0.15, 0.2) is 24.3 Å². The second kappa shape index (κ2) is 3.94. The predicted octanol–water partition coefficient (Wildman–Crippen LogP) is 0.355. The first kappa shape index (κ1) is 10.4. The van der Waals surface area contributed by atoms with Gasteiger partial charge in [0.05, 0.1) is 12.1 Å². The van der Waals surface area contributed by atoms with Crippen LogP contribution < -0.4 is 11.5 Å². The smallest absolute Gasteiger partial charge is 0.145 e. The minimum atomic E-state index is 0.299. The molecule has 88 valence electrons. The first-order valence-corrected chi connectivity index (χ1v) is 5.71. The van der Waals surface area contributed by atoms with Gasteiger partial charge in [0.1, 0.15) is 11.6 Å². The van der Waals surface area contributed by atoms with Crippen molar-refractivity contribution in [2.24, 2.45) is 5.73 Å². The van der Waals surface area contributed by atoms with Crippen molar-refractivity contribution in [3.05, 3.63) is 30.1 Å². The van der Waals surface area contributed by atoms with Crippen molar-refractivity contribution in [1.29, 1.82) is 0 Å². The number of nitrogens with zero attached hydrogens (tertiary/aromatic N) is 3. The zero-order valence-electron chi connectivity index (χ0n) is 9.50. The Kier molecular flexibility index (Phi) is 2.42. The zero-order chi connectivity index (χ0) is 11.8. The van der Waals surface area contributed by atoms with E-state index in [0.717, 1.165) is 36.4 Å². The summed E-state index contributed by atoms with van der Waals surface area (Å²) in [7, 11) is 0. The van der Waals surface area contributed by atoms with Crippen LogP contribution in [0.4, 0.5) is 5.82 Å². The highest BCUT2D eigenvalue weighted by atomic mass is 15.2. The molecule has 1 saturated heterocycles. The fourth-order valence-electron chi connectivity index (χ4n) is 2.16. The summed E-state index contributed by atoms with van der Waals surface area (Å²) < 4.78 is 0. The van der Waals surface area contributed by atoms with Gasteiger partial charge in [0, 0.05) is 24.5 Å². The van der Waals surface area contributed by atoms with Crippen molar-refractivity contribution in [2.45, 2.75) is 12.6 Å². The minimum Gasteiger partial charge on any atom is -0.383 e. The maximum atomic E-state index is 5.93. The molecule has 0 aliphatic carbocycles. The Morgan fingerprint density at radius 2 is 2.00 bits per heavy atom. The number of anilines is 1. The Morgan fingerprint density at radius 3 is 2.76 bits per heavy atom. The van der Waals surface area contributed by atoms with Crippen LogP contribution in [0.3, 0.4) is 0 Å². The summed E-state index contributed by atoms with van der Waals surface area (Å²) in [6.07, 6.45) is 0. The second-order valence-corrected chi connectivity index (χ2v) is 4.50. The maximum absolute atomic E-state index is 5.93. The van der Waals surface area contributed by atoms with E-state index in [1.807, 2.05) is 24.3 Å². The topological polar surface area (TPSA) is 81.1 Å². The number of rotatable bonds is 2. The number of likely N-dealkylation sites (tertiary alicyclic amines) is 1. The average molecular weight is 229 g/mol. The second-order valence-electron chi connectivity index (χ2n) is 4.50. The minimum absolute atomic E-state index is 0.299. The third-order valence-corrected chi connectivity index (χ3v) is 3.03. The molecule has 4 N–H and O–H groups in total. The van der Waals surface area contributed by atoms with Crippen molar-refractivity contribution < 1.29 is 0 Å². The maximum Gasteiger partial charge on any atom is 0.145 e. The van der Waals surface area contributed by atoms with Crippen LogP contribution >= 0.6 is 0 Å². The monoisotopic (exact) mass is 229 g/mol. The Morgan fingerprint density at radius 1 is 1.24 bits per heavy atom. The van der Waals surface area contributed by atoms with Crippen molar-refractivity contribution in [2.75, 3.05) is 18.8 Å². The molecule has 0 radical (unpaired) electrons. The first-order chi connectivity index (χ1) is 8.22. The average Bonchev–Trinajstić information content (AvgIpc) is 2.27. The molecule has 2 heterocycles. The summed E-state index contributed by atoms with van der Waals surface area (Å²) in [5, 5.41) is 0.913. The van der Waals surface area contributed by atoms with Gasteiger partial charge >= 0.3 is 0 Å². The van der Waals surface area contributed by atoms with Gasteiger partial charge in [-0.25, -0.2) is 9.97 Å². The third kappa shape index (κ3) is 1.94. The molecule has 0 atom stereocenters. The van der Waals surface area contributed by atoms with Crippen LogP contribution in [0.25, 0.3) is 10.9 Å². The van der Waals surface area contributed by atoms with E-state index in [-0.39, 0.29) is 0 Å². The normalized spacial score (nSPS) is 17.2. The summed E-state index contributed by atoms with van der Waals surface area (Å²) in [5.41, 5.74) is 12.6. The van der Waals surface area contributed by atoms with Gasteiger partial charge in [-0.3, -0.25) is 4.90 Å². The molecule has 1 aliphatic heterocycles. The zero-order valence-corrected chi connectivity index (χ0v) is 9.50. The molecule has 1 aromatic heterocycles. The Hall–Kier alpha value is -1.72. The van der Waals surface area contributed by atoms with Crippen molar-refractivity contribution in [3.8, 4) is 0 Å². The van der Waals surface area contributed by atoms with Crippen LogP contribution in [0, 0.1) is 0 Å². The Bertz CT molecular complexity index is 548. The number of hydrogen-bond donors (Lipinski definition) is 2. The molecular weight excluding hydrogens is 214 g/mol. The Balaban J connectivity index is 1.90. The van der Waals surface area contributed by atoms with Gasteiger partial charge in [-0.15, -0.1) is 0 Å². The number of fused-ring (bicyclic) bond motifs is 1. The molecule has 0 bridgehead atoms. The highest BCUT2D eigenvalue weighted by molar-refractivity contribution is 5.87. The number of nitrogens with two attached hydrogens (primary N) is 2. The molecule has 1 aliphatic rings. The van der Waals surface area contributed by atoms with Gasteiger partial charge < -0.3 is 11.5 Å². The Labute approximate surface area is 99.4 Å². The van der Waals surface area contributed by atoms with Crippen molar-refractivity contribution >= 4 is 16.7 Å². The van der Waals surface area contributed by atoms with E-state index in [2.05, 4.69) is 14.9 Å². The molecule has 1 fully saturated rings. The van der Waals surface area contributed by atoms with Gasteiger partial charge in [-0.2, -0.15) is 0 Å². The van der Waals surface area contributed by atoms with E-state index in [1.54, 1.807) is 0 Å². The van der Waals surface area contributed by atoms with Gasteiger partial charge in [-0.05, 0) is 12.1 Å². The molecular formula is C12H15N5. The molecule has 3 rings (SSSR count). The molecule has 1 aromatic carbocycles. The molecule has 5 nitrogen and oxygen atoms in total. The molecule has 0 saturated carbocycles. The fourth-order valence-corrected chi connectivity index (χ4v) is 2.16. The molecule has 17 heavy (non-hydrogen) atoms. The van der Waals surface area contributed by atoms with E-state index in [4.69, 9.17) is 11.5 Å². The summed E-state index contributed by atoms with van der Waals surface area (Å²) in [5.74, 6) is 1.32. The van der Waals surface area contributed by atoms with E-state index < -0.39 is 0 Å². The highest BCUT2D eigenvalue weighted by Gasteiger charge is 2.23.